The van der Waals surface area contributed by atoms with E-state index >= 15 is 0 Å². The van der Waals surface area contributed by atoms with E-state index in [-0.39, 0.29) is 12.6 Å². The van der Waals surface area contributed by atoms with Crippen LogP contribution in [0.3, 0.4) is 0 Å². The molecule has 0 fully saturated rings. The van der Waals surface area contributed by atoms with Gasteiger partial charge in [-0.15, -0.1) is 0 Å². The Hall–Kier alpha value is -4.05. The first kappa shape index (κ1) is 19.3. The number of nitrogens with one attached hydrogen (secondary N) is 2. The summed E-state index contributed by atoms with van der Waals surface area (Å²) in [5.41, 5.74) is 4.77. The second kappa shape index (κ2) is 9.43. The summed E-state index contributed by atoms with van der Waals surface area (Å²) in [5, 5.41) is 6.64. The zero-order chi connectivity index (χ0) is 20.6. The first-order valence-electron chi connectivity index (χ1n) is 9.77. The standard InChI is InChI=1S/C26H22N2O2/c29-26(30-19-20-10-4-1-5-11-20)24-18-23(27-21-12-6-2-7-13-21)16-17-25(24)28-22-14-8-3-9-15-22/h1-18,27-28H,19H2. The van der Waals surface area contributed by atoms with E-state index in [0.717, 1.165) is 22.6 Å². The Morgan fingerprint density at radius 2 is 1.20 bits per heavy atom. The van der Waals surface area contributed by atoms with Gasteiger partial charge in [0.2, 0.25) is 0 Å². The van der Waals surface area contributed by atoms with E-state index in [1.54, 1.807) is 0 Å². The summed E-state index contributed by atoms with van der Waals surface area (Å²) in [6.45, 7) is 0.223. The van der Waals surface area contributed by atoms with Gasteiger partial charge in [-0.05, 0) is 48.0 Å². The van der Waals surface area contributed by atoms with Crippen LogP contribution >= 0.6 is 0 Å². The van der Waals surface area contributed by atoms with Gasteiger partial charge in [-0.25, -0.2) is 4.79 Å². The maximum absolute atomic E-state index is 12.9. The van der Waals surface area contributed by atoms with Gasteiger partial charge in [-0.3, -0.25) is 0 Å². The first-order valence-corrected chi connectivity index (χ1v) is 9.77. The van der Waals surface area contributed by atoms with Crippen molar-refractivity contribution in [2.45, 2.75) is 6.61 Å². The third-order valence-electron chi connectivity index (χ3n) is 4.57. The van der Waals surface area contributed by atoms with Gasteiger partial charge in [0.25, 0.3) is 0 Å². The van der Waals surface area contributed by atoms with Crippen molar-refractivity contribution in [1.29, 1.82) is 0 Å². The maximum atomic E-state index is 12.9. The molecule has 4 rings (SSSR count). The van der Waals surface area contributed by atoms with Crippen molar-refractivity contribution in [3.8, 4) is 0 Å². The van der Waals surface area contributed by atoms with Crippen LogP contribution in [0.15, 0.2) is 109 Å². The Labute approximate surface area is 176 Å². The van der Waals surface area contributed by atoms with E-state index in [1.165, 1.54) is 0 Å². The number of para-hydroxylation sites is 2. The predicted octanol–water partition coefficient (Wildman–Crippen LogP) is 6.53. The average Bonchev–Trinajstić information content (AvgIpc) is 2.80. The Morgan fingerprint density at radius 3 is 1.83 bits per heavy atom. The fraction of sp³-hybridized carbons (Fsp3) is 0.0385. The lowest BCUT2D eigenvalue weighted by molar-refractivity contribution is 0.0474. The Balaban J connectivity index is 1.59. The Morgan fingerprint density at radius 1 is 0.633 bits per heavy atom. The normalized spacial score (nSPS) is 10.3. The van der Waals surface area contributed by atoms with Crippen molar-refractivity contribution in [2.75, 3.05) is 10.6 Å². The minimum absolute atomic E-state index is 0.223. The molecule has 0 heterocycles. The molecule has 4 aromatic rings. The molecule has 0 unspecified atom stereocenters. The quantitative estimate of drug-likeness (QED) is 0.350. The van der Waals surface area contributed by atoms with Crippen LogP contribution in [0.2, 0.25) is 0 Å². The number of hydrogen-bond acceptors (Lipinski definition) is 4. The summed E-state index contributed by atoms with van der Waals surface area (Å²) >= 11 is 0. The molecule has 0 aliphatic rings. The molecule has 0 spiro atoms. The van der Waals surface area contributed by atoms with E-state index in [2.05, 4.69) is 10.6 Å². The summed E-state index contributed by atoms with van der Waals surface area (Å²) in [7, 11) is 0. The molecule has 0 aliphatic carbocycles. The summed E-state index contributed by atoms with van der Waals surface area (Å²) in [6.07, 6.45) is 0. The zero-order valence-corrected chi connectivity index (χ0v) is 16.4. The van der Waals surface area contributed by atoms with Gasteiger partial charge in [0.15, 0.2) is 0 Å². The highest BCUT2D eigenvalue weighted by Gasteiger charge is 2.15. The van der Waals surface area contributed by atoms with Crippen molar-refractivity contribution in [3.63, 3.8) is 0 Å². The molecule has 0 radical (unpaired) electrons. The smallest absolute Gasteiger partial charge is 0.340 e. The lowest BCUT2D eigenvalue weighted by Gasteiger charge is -2.15. The van der Waals surface area contributed by atoms with Crippen LogP contribution in [0.1, 0.15) is 15.9 Å². The van der Waals surface area contributed by atoms with E-state index in [1.807, 2.05) is 109 Å². The van der Waals surface area contributed by atoms with Crippen LogP contribution in [0.25, 0.3) is 0 Å². The molecule has 0 bridgehead atoms. The number of benzene rings is 4. The fourth-order valence-electron chi connectivity index (χ4n) is 3.07. The molecule has 2 N–H and O–H groups in total. The van der Waals surface area contributed by atoms with E-state index < -0.39 is 0 Å². The minimum Gasteiger partial charge on any atom is -0.457 e. The second-order valence-electron chi connectivity index (χ2n) is 6.80. The van der Waals surface area contributed by atoms with Crippen molar-refractivity contribution >= 4 is 28.7 Å². The first-order chi connectivity index (χ1) is 14.8. The summed E-state index contributed by atoms with van der Waals surface area (Å²) < 4.78 is 5.59. The summed E-state index contributed by atoms with van der Waals surface area (Å²) in [6, 6.07) is 34.9. The van der Waals surface area contributed by atoms with Crippen molar-refractivity contribution in [3.05, 3.63) is 120 Å². The summed E-state index contributed by atoms with van der Waals surface area (Å²) in [4.78, 5) is 12.9. The molecule has 0 amide bonds. The fourth-order valence-corrected chi connectivity index (χ4v) is 3.07. The topological polar surface area (TPSA) is 50.4 Å². The third-order valence-corrected chi connectivity index (χ3v) is 4.57. The number of rotatable bonds is 7. The van der Waals surface area contributed by atoms with Gasteiger partial charge >= 0.3 is 5.97 Å². The highest BCUT2D eigenvalue weighted by Crippen LogP contribution is 2.27. The molecule has 0 aromatic heterocycles. The van der Waals surface area contributed by atoms with Gasteiger partial charge in [0.05, 0.1) is 11.3 Å². The SMILES string of the molecule is O=C(OCc1ccccc1)c1cc(Nc2ccccc2)ccc1Nc1ccccc1. The monoisotopic (exact) mass is 394 g/mol. The second-order valence-corrected chi connectivity index (χ2v) is 6.80. The van der Waals surface area contributed by atoms with Gasteiger partial charge in [-0.1, -0.05) is 66.7 Å². The van der Waals surface area contributed by atoms with Crippen LogP contribution in [-0.2, 0) is 11.3 Å². The van der Waals surface area contributed by atoms with Crippen LogP contribution < -0.4 is 10.6 Å². The van der Waals surface area contributed by atoms with Crippen molar-refractivity contribution < 1.29 is 9.53 Å². The Bertz CT molecular complexity index is 1100. The van der Waals surface area contributed by atoms with Crippen molar-refractivity contribution in [2.24, 2.45) is 0 Å². The minimum atomic E-state index is -0.381. The van der Waals surface area contributed by atoms with Crippen LogP contribution in [-0.4, -0.2) is 5.97 Å². The largest absolute Gasteiger partial charge is 0.457 e. The van der Waals surface area contributed by atoms with Gasteiger partial charge in [-0.2, -0.15) is 0 Å². The van der Waals surface area contributed by atoms with E-state index in [0.29, 0.717) is 11.3 Å². The molecule has 0 saturated heterocycles. The molecule has 0 saturated carbocycles. The lowest BCUT2D eigenvalue weighted by atomic mass is 10.1. The molecule has 4 nitrogen and oxygen atoms in total. The number of carbonyl (C=O) groups is 1. The van der Waals surface area contributed by atoms with Crippen LogP contribution in [0.4, 0.5) is 22.7 Å². The average molecular weight is 394 g/mol. The number of esters is 1. The van der Waals surface area contributed by atoms with Gasteiger partial charge in [0, 0.05) is 17.1 Å². The number of hydrogen-bond donors (Lipinski definition) is 2. The lowest BCUT2D eigenvalue weighted by Crippen LogP contribution is -2.09. The molecular formula is C26H22N2O2. The molecule has 4 heteroatoms. The number of carbonyl (C=O) groups excluding carboxylic acids is 1. The molecule has 4 aromatic carbocycles. The van der Waals surface area contributed by atoms with Crippen molar-refractivity contribution in [1.82, 2.24) is 0 Å². The number of ether oxygens (including phenoxy) is 1. The predicted molar refractivity (Wildman–Crippen MR) is 121 cm³/mol. The summed E-state index contributed by atoms with van der Waals surface area (Å²) in [5.74, 6) is -0.381. The molecule has 0 aliphatic heterocycles. The molecule has 30 heavy (non-hydrogen) atoms. The van der Waals surface area contributed by atoms with Gasteiger partial charge in [0.1, 0.15) is 6.61 Å². The third kappa shape index (κ3) is 5.06. The number of anilines is 4. The van der Waals surface area contributed by atoms with E-state index in [9.17, 15) is 4.79 Å². The highest BCUT2D eigenvalue weighted by molar-refractivity contribution is 5.98. The van der Waals surface area contributed by atoms with Gasteiger partial charge < -0.3 is 15.4 Å². The van der Waals surface area contributed by atoms with Crippen LogP contribution in [0.5, 0.6) is 0 Å². The molecule has 148 valence electrons. The molecule has 0 atom stereocenters. The van der Waals surface area contributed by atoms with E-state index in [4.69, 9.17) is 4.74 Å². The van der Waals surface area contributed by atoms with Crippen LogP contribution in [0, 0.1) is 0 Å². The zero-order valence-electron chi connectivity index (χ0n) is 16.4. The molecular weight excluding hydrogens is 372 g/mol. The Kier molecular flexibility index (Phi) is 6.06. The highest BCUT2D eigenvalue weighted by atomic mass is 16.5. The maximum Gasteiger partial charge on any atom is 0.340 e.